The summed E-state index contributed by atoms with van der Waals surface area (Å²) in [5.41, 5.74) is 0.960. The molecule has 5 nitrogen and oxygen atoms in total. The number of carboxylic acids is 1. The second-order valence-electron chi connectivity index (χ2n) is 5.19. The molecule has 1 aliphatic rings. The second kappa shape index (κ2) is 7.17. The number of amides is 1. The average molecular weight is 294 g/mol. The van der Waals surface area contributed by atoms with Crippen molar-refractivity contribution in [1.82, 2.24) is 10.2 Å². The summed E-state index contributed by atoms with van der Waals surface area (Å²) in [7, 11) is 0. The molecule has 1 heterocycles. The van der Waals surface area contributed by atoms with Gasteiger partial charge in [-0.05, 0) is 37.1 Å². The monoisotopic (exact) mass is 294 g/mol. The number of halogens is 1. The van der Waals surface area contributed by atoms with Crippen LogP contribution in [0.3, 0.4) is 0 Å². The highest BCUT2D eigenvalue weighted by atomic mass is 19.1. The third kappa shape index (κ3) is 4.53. The molecule has 0 radical (unpaired) electrons. The van der Waals surface area contributed by atoms with Gasteiger partial charge in [0, 0.05) is 13.1 Å². The van der Waals surface area contributed by atoms with Crippen LogP contribution in [0.15, 0.2) is 24.3 Å². The minimum Gasteiger partial charge on any atom is -0.481 e. The number of benzene rings is 1. The van der Waals surface area contributed by atoms with Crippen LogP contribution in [0.4, 0.5) is 4.39 Å². The van der Waals surface area contributed by atoms with Gasteiger partial charge in [0.25, 0.3) is 0 Å². The highest BCUT2D eigenvalue weighted by Crippen LogP contribution is 2.20. The van der Waals surface area contributed by atoms with Crippen molar-refractivity contribution in [2.45, 2.75) is 31.8 Å². The number of likely N-dealkylation sites (tertiary alicyclic amines) is 1. The zero-order valence-corrected chi connectivity index (χ0v) is 11.7. The maximum absolute atomic E-state index is 12.9. The predicted octanol–water partition coefficient (Wildman–Crippen LogP) is 1.38. The van der Waals surface area contributed by atoms with Crippen LogP contribution in [0.25, 0.3) is 0 Å². The topological polar surface area (TPSA) is 69.6 Å². The first-order chi connectivity index (χ1) is 10.1. The number of carbonyl (C=O) groups is 2. The molecule has 0 spiro atoms. The summed E-state index contributed by atoms with van der Waals surface area (Å²) in [6, 6.07) is 6.02. The van der Waals surface area contributed by atoms with Gasteiger partial charge in [0.15, 0.2) is 0 Å². The summed E-state index contributed by atoms with van der Waals surface area (Å²) < 4.78 is 12.9. The lowest BCUT2D eigenvalue weighted by Gasteiger charge is -2.23. The van der Waals surface area contributed by atoms with Gasteiger partial charge in [-0.2, -0.15) is 0 Å². The summed E-state index contributed by atoms with van der Waals surface area (Å²) in [6.07, 6.45) is 1.62. The summed E-state index contributed by atoms with van der Waals surface area (Å²) in [5.74, 6) is -1.33. The summed E-state index contributed by atoms with van der Waals surface area (Å²) in [5, 5.41) is 11.2. The molecule has 0 unspecified atom stereocenters. The van der Waals surface area contributed by atoms with E-state index in [0.717, 1.165) is 24.9 Å². The van der Waals surface area contributed by atoms with Crippen molar-refractivity contribution >= 4 is 11.9 Å². The summed E-state index contributed by atoms with van der Waals surface area (Å²) in [4.78, 5) is 24.6. The molecular formula is C15H19FN2O3. The number of hydrogen-bond acceptors (Lipinski definition) is 3. The number of carboxylic acid groups (broad SMARTS) is 1. The van der Waals surface area contributed by atoms with E-state index in [1.165, 1.54) is 12.1 Å². The van der Waals surface area contributed by atoms with E-state index in [9.17, 15) is 14.0 Å². The van der Waals surface area contributed by atoms with Crippen LogP contribution in [0, 0.1) is 5.82 Å². The average Bonchev–Trinajstić information content (AvgIpc) is 2.89. The van der Waals surface area contributed by atoms with Gasteiger partial charge in [-0.1, -0.05) is 12.1 Å². The van der Waals surface area contributed by atoms with E-state index in [-0.39, 0.29) is 30.7 Å². The number of nitrogens with zero attached hydrogens (tertiary/aromatic N) is 1. The Balaban J connectivity index is 1.88. The molecule has 1 aromatic carbocycles. The quantitative estimate of drug-likeness (QED) is 0.831. The molecule has 1 aliphatic heterocycles. The molecule has 2 rings (SSSR count). The first-order valence-corrected chi connectivity index (χ1v) is 7.04. The minimum atomic E-state index is -0.926. The first-order valence-electron chi connectivity index (χ1n) is 7.04. The second-order valence-corrected chi connectivity index (χ2v) is 5.19. The van der Waals surface area contributed by atoms with Crippen molar-refractivity contribution in [1.29, 1.82) is 0 Å². The van der Waals surface area contributed by atoms with Gasteiger partial charge in [-0.15, -0.1) is 0 Å². The van der Waals surface area contributed by atoms with E-state index in [0.29, 0.717) is 6.54 Å². The van der Waals surface area contributed by atoms with Gasteiger partial charge >= 0.3 is 5.97 Å². The standard InChI is InChI=1S/C15H19FN2O3/c16-12-5-3-11(4-6-12)10-18-9-1-2-13(18)15(21)17-8-7-14(19)20/h3-6,13H,1-2,7-10H2,(H,17,21)(H,19,20)/t13-/m1/s1. The van der Waals surface area contributed by atoms with Gasteiger partial charge in [0.05, 0.1) is 12.5 Å². The third-order valence-corrected chi connectivity index (χ3v) is 3.60. The number of hydrogen-bond donors (Lipinski definition) is 2. The van der Waals surface area contributed by atoms with Crippen LogP contribution in [0.2, 0.25) is 0 Å². The van der Waals surface area contributed by atoms with Crippen LogP contribution in [-0.4, -0.2) is 41.0 Å². The Morgan fingerprint density at radius 2 is 2.05 bits per heavy atom. The Morgan fingerprint density at radius 3 is 2.71 bits per heavy atom. The fourth-order valence-electron chi connectivity index (χ4n) is 2.55. The number of rotatable bonds is 6. The molecule has 1 saturated heterocycles. The first kappa shape index (κ1) is 15.4. The van der Waals surface area contributed by atoms with Gasteiger partial charge in [0.1, 0.15) is 5.82 Å². The maximum atomic E-state index is 12.9. The SMILES string of the molecule is O=C(O)CCNC(=O)[C@H]1CCCN1Cc1ccc(F)cc1. The van der Waals surface area contributed by atoms with E-state index in [2.05, 4.69) is 5.32 Å². The molecule has 114 valence electrons. The normalized spacial score (nSPS) is 18.6. The van der Waals surface area contributed by atoms with E-state index >= 15 is 0 Å². The van der Waals surface area contributed by atoms with Crippen molar-refractivity contribution in [3.05, 3.63) is 35.6 Å². The van der Waals surface area contributed by atoms with E-state index < -0.39 is 5.97 Å². The van der Waals surface area contributed by atoms with Crippen molar-refractivity contribution in [3.8, 4) is 0 Å². The Kier molecular flexibility index (Phi) is 5.27. The van der Waals surface area contributed by atoms with E-state index in [1.54, 1.807) is 12.1 Å². The predicted molar refractivity (Wildman–Crippen MR) is 75.1 cm³/mol. The minimum absolute atomic E-state index is 0.0730. The zero-order valence-electron chi connectivity index (χ0n) is 11.7. The highest BCUT2D eigenvalue weighted by molar-refractivity contribution is 5.82. The van der Waals surface area contributed by atoms with Crippen LogP contribution < -0.4 is 5.32 Å². The molecule has 21 heavy (non-hydrogen) atoms. The highest BCUT2D eigenvalue weighted by Gasteiger charge is 2.30. The van der Waals surface area contributed by atoms with Crippen molar-refractivity contribution in [3.63, 3.8) is 0 Å². The van der Waals surface area contributed by atoms with E-state index in [4.69, 9.17) is 5.11 Å². The molecular weight excluding hydrogens is 275 g/mol. The summed E-state index contributed by atoms with van der Waals surface area (Å²) >= 11 is 0. The number of carbonyl (C=O) groups excluding carboxylic acids is 1. The van der Waals surface area contributed by atoms with Crippen molar-refractivity contribution in [2.24, 2.45) is 0 Å². The Bertz CT molecular complexity index is 504. The Labute approximate surface area is 122 Å². The largest absolute Gasteiger partial charge is 0.481 e. The maximum Gasteiger partial charge on any atom is 0.305 e. The molecule has 0 saturated carbocycles. The lowest BCUT2D eigenvalue weighted by atomic mass is 10.1. The van der Waals surface area contributed by atoms with Gasteiger partial charge < -0.3 is 10.4 Å². The third-order valence-electron chi connectivity index (χ3n) is 3.60. The molecule has 0 aromatic heterocycles. The van der Waals surface area contributed by atoms with Crippen LogP contribution >= 0.6 is 0 Å². The molecule has 2 N–H and O–H groups in total. The smallest absolute Gasteiger partial charge is 0.305 e. The van der Waals surface area contributed by atoms with E-state index in [1.807, 2.05) is 4.90 Å². The fourth-order valence-corrected chi connectivity index (χ4v) is 2.55. The number of aliphatic carboxylic acids is 1. The van der Waals surface area contributed by atoms with Gasteiger partial charge in [-0.3, -0.25) is 14.5 Å². The molecule has 1 atom stereocenters. The van der Waals surface area contributed by atoms with Gasteiger partial charge in [-0.25, -0.2) is 4.39 Å². The van der Waals surface area contributed by atoms with Gasteiger partial charge in [0.2, 0.25) is 5.91 Å². The zero-order chi connectivity index (χ0) is 15.2. The van der Waals surface area contributed by atoms with Crippen LogP contribution in [0.5, 0.6) is 0 Å². The molecule has 1 fully saturated rings. The van der Waals surface area contributed by atoms with Crippen molar-refractivity contribution < 1.29 is 19.1 Å². The summed E-state index contributed by atoms with van der Waals surface area (Å²) in [6.45, 7) is 1.56. The molecule has 0 aliphatic carbocycles. The van der Waals surface area contributed by atoms with Crippen molar-refractivity contribution in [2.75, 3.05) is 13.1 Å². The molecule has 1 amide bonds. The van der Waals surface area contributed by atoms with Crippen LogP contribution in [0.1, 0.15) is 24.8 Å². The lowest BCUT2D eigenvalue weighted by Crippen LogP contribution is -2.43. The Hall–Kier alpha value is -1.95. The lowest BCUT2D eigenvalue weighted by molar-refractivity contribution is -0.137. The molecule has 0 bridgehead atoms. The number of nitrogens with one attached hydrogen (secondary N) is 1. The molecule has 6 heteroatoms. The molecule has 1 aromatic rings. The fraction of sp³-hybridized carbons (Fsp3) is 0.467. The van der Waals surface area contributed by atoms with Crippen LogP contribution in [-0.2, 0) is 16.1 Å². The Morgan fingerprint density at radius 1 is 1.33 bits per heavy atom.